The number of carbonyl (C=O) groups is 1. The first kappa shape index (κ1) is 69.0. The van der Waals surface area contributed by atoms with Gasteiger partial charge in [-0.1, -0.05) is 182 Å². The smallest absolute Gasteiger partial charge is 0.306 e. The van der Waals surface area contributed by atoms with Crippen molar-refractivity contribution in [3.8, 4) is 0 Å². The van der Waals surface area contributed by atoms with Gasteiger partial charge in [0.25, 0.3) is 0 Å². The SMILES string of the molecule is CC/C=C\C/C=C\C/C=C\C/C=C\C/C=C\C/C=C\CCCCCCCOCC(COC1OC(COC2OC(CO)C(O)C(O)C2O)C(O)C(O)C1O)OC(=O)CCCCCCCCC/C=C\C/C=C\CCCCCC. The van der Waals surface area contributed by atoms with E-state index in [0.29, 0.717) is 13.0 Å². The van der Waals surface area contributed by atoms with Gasteiger partial charge >= 0.3 is 5.97 Å². The minimum Gasteiger partial charge on any atom is -0.457 e. The van der Waals surface area contributed by atoms with Gasteiger partial charge in [-0.3, -0.25) is 4.79 Å². The topological polar surface area (TPSA) is 214 Å². The van der Waals surface area contributed by atoms with Crippen LogP contribution in [0.2, 0.25) is 0 Å². The zero-order valence-corrected chi connectivity index (χ0v) is 46.7. The van der Waals surface area contributed by atoms with Crippen LogP contribution in [0.15, 0.2) is 97.2 Å². The van der Waals surface area contributed by atoms with Crippen LogP contribution in [0.5, 0.6) is 0 Å². The molecule has 2 aliphatic rings. The summed E-state index contributed by atoms with van der Waals surface area (Å²) in [4.78, 5) is 13.1. The fourth-order valence-corrected chi connectivity index (χ4v) is 8.61. The van der Waals surface area contributed by atoms with Crippen LogP contribution in [-0.4, -0.2) is 142 Å². The lowest BCUT2D eigenvalue weighted by molar-refractivity contribution is -0.332. The van der Waals surface area contributed by atoms with Crippen molar-refractivity contribution in [1.29, 1.82) is 0 Å². The van der Waals surface area contributed by atoms with Crippen molar-refractivity contribution < 1.29 is 69.0 Å². The molecule has 14 nitrogen and oxygen atoms in total. The quantitative estimate of drug-likeness (QED) is 0.0172. The van der Waals surface area contributed by atoms with E-state index in [2.05, 4.69) is 111 Å². The van der Waals surface area contributed by atoms with Crippen molar-refractivity contribution in [2.24, 2.45) is 0 Å². The molecule has 14 heteroatoms. The number of allylic oxidation sites excluding steroid dienone is 16. The monoisotopic (exact) mass is 1070 g/mol. The molecule has 0 saturated carbocycles. The van der Waals surface area contributed by atoms with E-state index in [1.54, 1.807) is 0 Å². The van der Waals surface area contributed by atoms with E-state index < -0.39 is 86.7 Å². The number of esters is 1. The highest BCUT2D eigenvalue weighted by atomic mass is 16.7. The Morgan fingerprint density at radius 3 is 1.34 bits per heavy atom. The molecular formula is C62H104O14. The van der Waals surface area contributed by atoms with Crippen molar-refractivity contribution >= 4 is 5.97 Å². The highest BCUT2D eigenvalue weighted by Crippen LogP contribution is 2.26. The maximum atomic E-state index is 13.1. The van der Waals surface area contributed by atoms with Crippen molar-refractivity contribution in [3.05, 3.63) is 97.2 Å². The Labute approximate surface area is 458 Å². The van der Waals surface area contributed by atoms with Crippen LogP contribution in [0.25, 0.3) is 0 Å². The summed E-state index contributed by atoms with van der Waals surface area (Å²) in [6.45, 7) is 3.49. The van der Waals surface area contributed by atoms with E-state index in [1.807, 2.05) is 0 Å². The summed E-state index contributed by atoms with van der Waals surface area (Å²) in [7, 11) is 0. The van der Waals surface area contributed by atoms with Crippen LogP contribution < -0.4 is 0 Å². The first-order valence-electron chi connectivity index (χ1n) is 29.3. The van der Waals surface area contributed by atoms with E-state index in [4.69, 9.17) is 28.4 Å². The van der Waals surface area contributed by atoms with Crippen molar-refractivity contribution in [1.82, 2.24) is 0 Å². The predicted molar refractivity (Wildman–Crippen MR) is 302 cm³/mol. The van der Waals surface area contributed by atoms with Gasteiger partial charge in [-0.2, -0.15) is 0 Å². The molecule has 0 aliphatic carbocycles. The Balaban J connectivity index is 1.73. The first-order valence-corrected chi connectivity index (χ1v) is 29.3. The van der Waals surface area contributed by atoms with Crippen molar-refractivity contribution in [3.63, 3.8) is 0 Å². The second-order valence-electron chi connectivity index (χ2n) is 20.1. The first-order chi connectivity index (χ1) is 37.1. The molecule has 76 heavy (non-hydrogen) atoms. The number of rotatable bonds is 46. The molecule has 0 aromatic heterocycles. The van der Waals surface area contributed by atoms with E-state index in [9.17, 15) is 40.5 Å². The van der Waals surface area contributed by atoms with Crippen LogP contribution in [0, 0.1) is 0 Å². The number of ether oxygens (including phenoxy) is 6. The summed E-state index contributed by atoms with van der Waals surface area (Å²) in [5.74, 6) is -0.395. The van der Waals surface area contributed by atoms with Crippen molar-refractivity contribution in [2.45, 2.75) is 255 Å². The molecular weight excluding hydrogens is 969 g/mol. The number of hydrogen-bond acceptors (Lipinski definition) is 14. The van der Waals surface area contributed by atoms with Gasteiger partial charge in [-0.05, 0) is 96.3 Å². The Morgan fingerprint density at radius 1 is 0.447 bits per heavy atom. The molecule has 2 rings (SSSR count). The van der Waals surface area contributed by atoms with E-state index in [0.717, 1.165) is 109 Å². The molecule has 11 atom stereocenters. The van der Waals surface area contributed by atoms with Gasteiger partial charge < -0.3 is 64.2 Å². The number of carbonyl (C=O) groups excluding carboxylic acids is 1. The molecule has 0 aromatic carbocycles. The molecule has 0 aromatic rings. The Morgan fingerprint density at radius 2 is 0.855 bits per heavy atom. The van der Waals surface area contributed by atoms with Crippen LogP contribution in [0.4, 0.5) is 0 Å². The second-order valence-corrected chi connectivity index (χ2v) is 20.1. The average molecular weight is 1070 g/mol. The summed E-state index contributed by atoms with van der Waals surface area (Å²) in [5, 5.41) is 72.4. The maximum absolute atomic E-state index is 13.1. The maximum Gasteiger partial charge on any atom is 0.306 e. The average Bonchev–Trinajstić information content (AvgIpc) is 3.42. The zero-order valence-electron chi connectivity index (χ0n) is 46.7. The molecule has 0 spiro atoms. The van der Waals surface area contributed by atoms with Gasteiger partial charge in [0.15, 0.2) is 12.6 Å². The molecule has 2 saturated heterocycles. The van der Waals surface area contributed by atoms with Crippen LogP contribution >= 0.6 is 0 Å². The molecule has 0 amide bonds. The second kappa shape index (κ2) is 47.9. The largest absolute Gasteiger partial charge is 0.457 e. The molecule has 11 unspecified atom stereocenters. The van der Waals surface area contributed by atoms with Gasteiger partial charge in [-0.15, -0.1) is 0 Å². The minimum absolute atomic E-state index is 0.0388. The molecule has 7 N–H and O–H groups in total. The highest BCUT2D eigenvalue weighted by Gasteiger charge is 2.47. The van der Waals surface area contributed by atoms with E-state index in [-0.39, 0.29) is 19.6 Å². The third kappa shape index (κ3) is 34.0. The molecule has 436 valence electrons. The lowest BCUT2D eigenvalue weighted by Crippen LogP contribution is -2.61. The fourth-order valence-electron chi connectivity index (χ4n) is 8.61. The van der Waals surface area contributed by atoms with E-state index in [1.165, 1.54) is 51.4 Å². The predicted octanol–water partition coefficient (Wildman–Crippen LogP) is 10.6. The van der Waals surface area contributed by atoms with E-state index >= 15 is 0 Å². The van der Waals surface area contributed by atoms with Gasteiger partial charge in [-0.25, -0.2) is 0 Å². The van der Waals surface area contributed by atoms with Crippen LogP contribution in [-0.2, 0) is 33.2 Å². The molecule has 2 heterocycles. The number of aliphatic hydroxyl groups is 7. The summed E-state index contributed by atoms with van der Waals surface area (Å²) in [6, 6.07) is 0. The molecule has 2 aliphatic heterocycles. The lowest BCUT2D eigenvalue weighted by atomic mass is 9.98. The fraction of sp³-hybridized carbons (Fsp3) is 0.726. The zero-order chi connectivity index (χ0) is 55.1. The summed E-state index contributed by atoms with van der Waals surface area (Å²) < 4.78 is 34.4. The summed E-state index contributed by atoms with van der Waals surface area (Å²) in [6.07, 6.45) is 47.4. The highest BCUT2D eigenvalue weighted by molar-refractivity contribution is 5.69. The third-order valence-corrected chi connectivity index (χ3v) is 13.3. The summed E-state index contributed by atoms with van der Waals surface area (Å²) in [5.41, 5.74) is 0. The lowest BCUT2D eigenvalue weighted by Gasteiger charge is -2.42. The molecule has 0 bridgehead atoms. The van der Waals surface area contributed by atoms with Crippen molar-refractivity contribution in [2.75, 3.05) is 33.0 Å². The van der Waals surface area contributed by atoms with Gasteiger partial charge in [0.2, 0.25) is 0 Å². The number of unbranched alkanes of at least 4 members (excludes halogenated alkanes) is 16. The van der Waals surface area contributed by atoms with Crippen LogP contribution in [0.3, 0.4) is 0 Å². The van der Waals surface area contributed by atoms with Gasteiger partial charge in [0.1, 0.15) is 54.9 Å². The Kier molecular flexibility index (Phi) is 43.5. The van der Waals surface area contributed by atoms with Gasteiger partial charge in [0, 0.05) is 13.0 Å². The number of aliphatic hydroxyl groups excluding tert-OH is 7. The standard InChI is InChI=1S/C62H104O14/c1-3-5-7-9-11-13-15-17-19-21-23-24-25-26-27-28-30-32-34-36-38-40-42-44-46-71-48-51(74-54(64)45-43-41-39-37-35-33-31-29-22-20-18-16-14-12-10-8-6-4-2)49-72-61-60(70)58(68)56(66)53(76-61)50-73-62-59(69)57(67)55(65)52(47-63)75-62/h5,7,11,13-14,16-17,19-20,22-24,26-27,30,32,51-53,55-63,65-70H,3-4,6,8-10,12,15,18,21,25,28-29,31,33-50H2,1-2H3/b7-5-,13-11-,16-14-,19-17-,22-20-,24-23-,27-26-,32-30-. The summed E-state index contributed by atoms with van der Waals surface area (Å²) >= 11 is 0. The Hall–Kier alpha value is -3.09. The number of hydrogen-bond donors (Lipinski definition) is 7. The normalized spacial score (nSPS) is 25.2. The Bertz CT molecular complexity index is 1620. The third-order valence-electron chi connectivity index (χ3n) is 13.3. The van der Waals surface area contributed by atoms with Crippen LogP contribution in [0.1, 0.15) is 187 Å². The minimum atomic E-state index is -1.72. The van der Waals surface area contributed by atoms with Gasteiger partial charge in [0.05, 0.1) is 26.4 Å². The molecule has 2 fully saturated rings. The molecule has 0 radical (unpaired) electrons.